The molecule has 0 aliphatic carbocycles. The van der Waals surface area contributed by atoms with Crippen molar-refractivity contribution in [2.45, 2.75) is 18.6 Å². The quantitative estimate of drug-likeness (QED) is 0.632. The zero-order valence-electron chi connectivity index (χ0n) is 12.8. The Balaban J connectivity index is 1.55. The molecule has 1 amide bonds. The van der Waals surface area contributed by atoms with Crippen molar-refractivity contribution in [2.75, 3.05) is 5.75 Å². The fourth-order valence-corrected chi connectivity index (χ4v) is 3.06. The zero-order chi connectivity index (χ0) is 17.1. The molecular formula is C16H14BrFN4OS. The summed E-state index contributed by atoms with van der Waals surface area (Å²) < 4.78 is 13.7. The van der Waals surface area contributed by atoms with Crippen LogP contribution in [0, 0.1) is 12.7 Å². The Kier molecular flexibility index (Phi) is 5.15. The highest BCUT2D eigenvalue weighted by Gasteiger charge is 2.09. The average molecular weight is 409 g/mol. The van der Waals surface area contributed by atoms with Crippen molar-refractivity contribution in [3.63, 3.8) is 0 Å². The van der Waals surface area contributed by atoms with Gasteiger partial charge in [0.15, 0.2) is 10.8 Å². The Morgan fingerprint density at radius 3 is 2.83 bits per heavy atom. The number of H-pyrrole nitrogens is 1. The summed E-state index contributed by atoms with van der Waals surface area (Å²) in [6, 6.07) is 7.96. The molecule has 2 heterocycles. The first-order chi connectivity index (χ1) is 11.5. The van der Waals surface area contributed by atoms with E-state index in [1.165, 1.54) is 23.9 Å². The summed E-state index contributed by atoms with van der Waals surface area (Å²) in [5, 5.41) is 3.44. The Morgan fingerprint density at radius 1 is 1.33 bits per heavy atom. The van der Waals surface area contributed by atoms with Gasteiger partial charge < -0.3 is 10.3 Å². The van der Waals surface area contributed by atoms with Gasteiger partial charge in [-0.1, -0.05) is 23.9 Å². The fourth-order valence-electron chi connectivity index (χ4n) is 2.04. The molecule has 3 rings (SSSR count). The molecule has 1 aromatic carbocycles. The topological polar surface area (TPSA) is 70.7 Å². The predicted molar refractivity (Wildman–Crippen MR) is 95.3 cm³/mol. The number of aryl methyl sites for hydroxylation is 1. The lowest BCUT2D eigenvalue weighted by molar-refractivity contribution is -0.118. The Labute approximate surface area is 150 Å². The Bertz CT molecular complexity index is 843. The number of benzene rings is 1. The van der Waals surface area contributed by atoms with Crippen molar-refractivity contribution in [1.82, 2.24) is 20.3 Å². The molecule has 124 valence electrons. The molecule has 0 spiro atoms. The molecule has 0 aliphatic heterocycles. The Morgan fingerprint density at radius 2 is 2.08 bits per heavy atom. The van der Waals surface area contributed by atoms with Gasteiger partial charge in [0.05, 0.1) is 17.0 Å². The van der Waals surface area contributed by atoms with Crippen molar-refractivity contribution >= 4 is 44.8 Å². The minimum absolute atomic E-state index is 0.116. The first-order valence-corrected chi connectivity index (χ1v) is 8.96. The number of carbonyl (C=O) groups excluding carboxylic acids is 1. The maximum Gasteiger partial charge on any atom is 0.230 e. The molecule has 0 aliphatic rings. The van der Waals surface area contributed by atoms with E-state index in [4.69, 9.17) is 0 Å². The number of thioether (sulfide) groups is 1. The van der Waals surface area contributed by atoms with Gasteiger partial charge in [-0.2, -0.15) is 0 Å². The largest absolute Gasteiger partial charge is 0.351 e. The summed E-state index contributed by atoms with van der Waals surface area (Å²) in [6.45, 7) is 2.27. The van der Waals surface area contributed by atoms with Crippen LogP contribution in [0.1, 0.15) is 11.3 Å². The minimum Gasteiger partial charge on any atom is -0.351 e. The normalized spacial score (nSPS) is 11.0. The third-order valence-electron chi connectivity index (χ3n) is 3.32. The molecule has 0 unspecified atom stereocenters. The molecule has 5 nitrogen and oxygen atoms in total. The first kappa shape index (κ1) is 16.9. The minimum atomic E-state index is -0.291. The number of aromatic nitrogens is 3. The van der Waals surface area contributed by atoms with E-state index >= 15 is 0 Å². The van der Waals surface area contributed by atoms with Crippen LogP contribution < -0.4 is 5.32 Å². The highest BCUT2D eigenvalue weighted by atomic mass is 79.9. The SMILES string of the molecule is Cc1nc2nc(SCC(=O)NCc3ccc(F)cc3)[nH]c2cc1Br. The van der Waals surface area contributed by atoms with Crippen molar-refractivity contribution in [1.29, 1.82) is 0 Å². The lowest BCUT2D eigenvalue weighted by Crippen LogP contribution is -2.24. The van der Waals surface area contributed by atoms with Crippen LogP contribution in [0.3, 0.4) is 0 Å². The van der Waals surface area contributed by atoms with E-state index in [0.29, 0.717) is 17.3 Å². The molecule has 3 aromatic rings. The summed E-state index contributed by atoms with van der Waals surface area (Å²) in [4.78, 5) is 23.8. The fraction of sp³-hybridized carbons (Fsp3) is 0.188. The molecule has 0 bridgehead atoms. The van der Waals surface area contributed by atoms with Crippen LogP contribution in [0.25, 0.3) is 11.2 Å². The second kappa shape index (κ2) is 7.31. The van der Waals surface area contributed by atoms with Gasteiger partial charge >= 0.3 is 0 Å². The summed E-state index contributed by atoms with van der Waals surface area (Å²) in [5.41, 5.74) is 3.16. The summed E-state index contributed by atoms with van der Waals surface area (Å²) >= 11 is 4.74. The molecular weight excluding hydrogens is 395 g/mol. The molecule has 0 radical (unpaired) electrons. The van der Waals surface area contributed by atoms with E-state index < -0.39 is 0 Å². The number of aromatic amines is 1. The van der Waals surface area contributed by atoms with Crippen molar-refractivity contribution in [3.05, 3.63) is 51.9 Å². The lowest BCUT2D eigenvalue weighted by Gasteiger charge is -2.04. The smallest absolute Gasteiger partial charge is 0.230 e. The molecule has 2 N–H and O–H groups in total. The molecule has 0 saturated carbocycles. The third-order valence-corrected chi connectivity index (χ3v) is 5.00. The highest BCUT2D eigenvalue weighted by Crippen LogP contribution is 2.22. The van der Waals surface area contributed by atoms with E-state index in [1.54, 1.807) is 12.1 Å². The number of halogens is 2. The van der Waals surface area contributed by atoms with Crippen LogP contribution in [0.15, 0.2) is 40.0 Å². The van der Waals surface area contributed by atoms with Crippen LogP contribution >= 0.6 is 27.7 Å². The lowest BCUT2D eigenvalue weighted by atomic mass is 10.2. The van der Waals surface area contributed by atoms with Gasteiger partial charge in [-0.3, -0.25) is 4.79 Å². The monoisotopic (exact) mass is 408 g/mol. The van der Waals surface area contributed by atoms with Gasteiger partial charge in [0.25, 0.3) is 0 Å². The van der Waals surface area contributed by atoms with E-state index in [9.17, 15) is 9.18 Å². The standard InChI is InChI=1S/C16H14BrFN4OS/c1-9-12(17)6-13-15(20-9)22-16(21-13)24-8-14(23)19-7-10-2-4-11(18)5-3-10/h2-6H,7-8H2,1H3,(H,19,23)(H,20,21,22). The second-order valence-corrected chi connectivity index (χ2v) is 6.98. The molecule has 0 saturated heterocycles. The predicted octanol–water partition coefficient (Wildman–Crippen LogP) is 3.58. The Hall–Kier alpha value is -1.93. The first-order valence-electron chi connectivity index (χ1n) is 7.18. The van der Waals surface area contributed by atoms with E-state index in [-0.39, 0.29) is 17.5 Å². The molecule has 24 heavy (non-hydrogen) atoms. The number of amides is 1. The van der Waals surface area contributed by atoms with Gasteiger partial charge in [0, 0.05) is 11.0 Å². The number of imidazole rings is 1. The van der Waals surface area contributed by atoms with Gasteiger partial charge in [0.2, 0.25) is 5.91 Å². The number of hydrogen-bond acceptors (Lipinski definition) is 4. The van der Waals surface area contributed by atoms with Gasteiger partial charge in [-0.25, -0.2) is 14.4 Å². The average Bonchev–Trinajstić information content (AvgIpc) is 2.94. The summed E-state index contributed by atoms with van der Waals surface area (Å²) in [6.07, 6.45) is 0. The second-order valence-electron chi connectivity index (χ2n) is 5.16. The molecule has 0 atom stereocenters. The summed E-state index contributed by atoms with van der Waals surface area (Å²) in [7, 11) is 0. The van der Waals surface area contributed by atoms with Crippen molar-refractivity contribution in [3.8, 4) is 0 Å². The van der Waals surface area contributed by atoms with Gasteiger partial charge in [-0.15, -0.1) is 0 Å². The van der Waals surface area contributed by atoms with E-state index in [0.717, 1.165) is 21.2 Å². The number of rotatable bonds is 5. The van der Waals surface area contributed by atoms with Crippen LogP contribution in [0.2, 0.25) is 0 Å². The van der Waals surface area contributed by atoms with Crippen LogP contribution in [0.5, 0.6) is 0 Å². The van der Waals surface area contributed by atoms with E-state index in [1.807, 2.05) is 13.0 Å². The van der Waals surface area contributed by atoms with Gasteiger partial charge in [-0.05, 0) is 46.6 Å². The number of nitrogens with zero attached hydrogens (tertiary/aromatic N) is 2. The number of nitrogens with one attached hydrogen (secondary N) is 2. The van der Waals surface area contributed by atoms with Crippen LogP contribution in [-0.2, 0) is 11.3 Å². The highest BCUT2D eigenvalue weighted by molar-refractivity contribution is 9.10. The zero-order valence-corrected chi connectivity index (χ0v) is 15.2. The number of hydrogen-bond donors (Lipinski definition) is 2. The molecule has 8 heteroatoms. The maximum atomic E-state index is 12.8. The third kappa shape index (κ3) is 4.12. The molecule has 0 fully saturated rings. The van der Waals surface area contributed by atoms with E-state index in [2.05, 4.69) is 36.2 Å². The number of pyridine rings is 1. The van der Waals surface area contributed by atoms with Crippen molar-refractivity contribution < 1.29 is 9.18 Å². The van der Waals surface area contributed by atoms with Crippen LogP contribution in [-0.4, -0.2) is 26.6 Å². The maximum absolute atomic E-state index is 12.8. The number of carbonyl (C=O) groups is 1. The van der Waals surface area contributed by atoms with Crippen molar-refractivity contribution in [2.24, 2.45) is 0 Å². The van der Waals surface area contributed by atoms with Gasteiger partial charge in [0.1, 0.15) is 5.82 Å². The summed E-state index contributed by atoms with van der Waals surface area (Å²) in [5.74, 6) is -0.169. The molecule has 2 aromatic heterocycles. The number of fused-ring (bicyclic) bond motifs is 1. The van der Waals surface area contributed by atoms with Crippen LogP contribution in [0.4, 0.5) is 4.39 Å².